The second kappa shape index (κ2) is 7.03. The van der Waals surface area contributed by atoms with Gasteiger partial charge in [0.25, 0.3) is 0 Å². The number of nitrogens with zero attached hydrogens (tertiary/aromatic N) is 1. The first-order valence-electron chi connectivity index (χ1n) is 3.52. The summed E-state index contributed by atoms with van der Waals surface area (Å²) in [6, 6.07) is 1.82. The zero-order valence-corrected chi connectivity index (χ0v) is 6.59. The molecule has 0 aliphatic heterocycles. The van der Waals surface area contributed by atoms with Gasteiger partial charge in [0.1, 0.15) is 6.54 Å². The second-order valence-corrected chi connectivity index (χ2v) is 1.88. The number of nitriles is 1. The van der Waals surface area contributed by atoms with Crippen molar-refractivity contribution in [2.75, 3.05) is 19.8 Å². The molecule has 0 spiro atoms. The van der Waals surface area contributed by atoms with Crippen molar-refractivity contribution in [3.63, 3.8) is 0 Å². The Bertz CT molecular complexity index is 151. The number of carbonyl (C=O) groups excluding carboxylic acids is 1. The van der Waals surface area contributed by atoms with Crippen LogP contribution in [0.1, 0.15) is 13.3 Å². The summed E-state index contributed by atoms with van der Waals surface area (Å²) in [6.45, 7) is 2.98. The Morgan fingerprint density at radius 3 is 3.00 bits per heavy atom. The van der Waals surface area contributed by atoms with E-state index in [9.17, 15) is 4.79 Å². The van der Waals surface area contributed by atoms with Gasteiger partial charge in [-0.3, -0.25) is 4.79 Å². The van der Waals surface area contributed by atoms with Gasteiger partial charge < -0.3 is 10.1 Å². The molecule has 0 atom stereocenters. The molecule has 11 heavy (non-hydrogen) atoms. The lowest BCUT2D eigenvalue weighted by Gasteiger charge is -2.00. The van der Waals surface area contributed by atoms with Crippen molar-refractivity contribution in [1.29, 1.82) is 5.26 Å². The Hall–Kier alpha value is -1.08. The Balaban J connectivity index is 3.17. The monoisotopic (exact) mass is 156 g/mol. The molecule has 0 unspecified atom stereocenters. The third-order valence-corrected chi connectivity index (χ3v) is 1.04. The van der Waals surface area contributed by atoms with Crippen LogP contribution in [0.5, 0.6) is 0 Å². The topological polar surface area (TPSA) is 62.1 Å². The lowest BCUT2D eigenvalue weighted by Crippen LogP contribution is -2.24. The highest BCUT2D eigenvalue weighted by Crippen LogP contribution is 1.81. The van der Waals surface area contributed by atoms with Crippen LogP contribution in [0.2, 0.25) is 0 Å². The van der Waals surface area contributed by atoms with E-state index in [4.69, 9.17) is 10.00 Å². The molecule has 0 aromatic rings. The number of hydrogen-bond donors (Lipinski definition) is 1. The first kappa shape index (κ1) is 9.92. The highest BCUT2D eigenvalue weighted by Gasteiger charge is 1.97. The van der Waals surface area contributed by atoms with E-state index >= 15 is 0 Å². The van der Waals surface area contributed by atoms with Crippen LogP contribution in [-0.4, -0.2) is 25.7 Å². The standard InChI is InChI=1S/C7H12N2O2/c1-2-11-6-3-7(10)9-5-4-8/h2-3,5-6H2,1H3,(H,9,10). The molecule has 0 aromatic heterocycles. The van der Waals surface area contributed by atoms with E-state index in [1.54, 1.807) is 0 Å². The van der Waals surface area contributed by atoms with E-state index < -0.39 is 0 Å². The normalized spacial score (nSPS) is 8.73. The highest BCUT2D eigenvalue weighted by atomic mass is 16.5. The van der Waals surface area contributed by atoms with E-state index in [-0.39, 0.29) is 12.5 Å². The molecule has 0 radical (unpaired) electrons. The molecule has 0 aliphatic carbocycles. The number of nitrogens with one attached hydrogen (secondary N) is 1. The summed E-state index contributed by atoms with van der Waals surface area (Å²) in [5, 5.41) is 10.5. The van der Waals surface area contributed by atoms with Crippen molar-refractivity contribution in [3.8, 4) is 6.07 Å². The average molecular weight is 156 g/mol. The Kier molecular flexibility index (Phi) is 6.34. The number of carbonyl (C=O) groups is 1. The van der Waals surface area contributed by atoms with Gasteiger partial charge in [0, 0.05) is 13.0 Å². The molecule has 62 valence electrons. The lowest BCUT2D eigenvalue weighted by atomic mass is 10.4. The Morgan fingerprint density at radius 1 is 1.73 bits per heavy atom. The van der Waals surface area contributed by atoms with Gasteiger partial charge in [0.15, 0.2) is 0 Å². The van der Waals surface area contributed by atoms with E-state index in [1.807, 2.05) is 13.0 Å². The average Bonchev–Trinajstić information content (AvgIpc) is 2.01. The smallest absolute Gasteiger partial charge is 0.223 e. The second-order valence-electron chi connectivity index (χ2n) is 1.88. The van der Waals surface area contributed by atoms with Crippen LogP contribution in [0.25, 0.3) is 0 Å². The van der Waals surface area contributed by atoms with Crippen molar-refractivity contribution in [1.82, 2.24) is 5.32 Å². The zero-order valence-electron chi connectivity index (χ0n) is 6.59. The minimum absolute atomic E-state index is 0.0744. The van der Waals surface area contributed by atoms with Gasteiger partial charge in [-0.15, -0.1) is 0 Å². The molecule has 4 nitrogen and oxygen atoms in total. The fourth-order valence-electron chi connectivity index (χ4n) is 0.536. The van der Waals surface area contributed by atoms with Gasteiger partial charge in [-0.2, -0.15) is 5.26 Å². The van der Waals surface area contributed by atoms with Crippen LogP contribution in [0.15, 0.2) is 0 Å². The van der Waals surface area contributed by atoms with E-state index in [0.717, 1.165) is 0 Å². The lowest BCUT2D eigenvalue weighted by molar-refractivity contribution is -0.121. The van der Waals surface area contributed by atoms with Gasteiger partial charge >= 0.3 is 0 Å². The molecule has 0 aromatic carbocycles. The predicted octanol–water partition coefficient (Wildman–Crippen LogP) is 0.0528. The molecule has 0 bridgehead atoms. The molecule has 1 N–H and O–H groups in total. The zero-order chi connectivity index (χ0) is 8.53. The van der Waals surface area contributed by atoms with E-state index in [2.05, 4.69) is 5.32 Å². The molecular weight excluding hydrogens is 144 g/mol. The molecule has 0 saturated heterocycles. The Labute approximate surface area is 66.1 Å². The summed E-state index contributed by atoms with van der Waals surface area (Å²) in [4.78, 5) is 10.7. The van der Waals surface area contributed by atoms with Crippen molar-refractivity contribution in [2.24, 2.45) is 0 Å². The van der Waals surface area contributed by atoms with Gasteiger partial charge in [0.05, 0.1) is 12.7 Å². The third-order valence-electron chi connectivity index (χ3n) is 1.04. The predicted molar refractivity (Wildman–Crippen MR) is 39.7 cm³/mol. The largest absolute Gasteiger partial charge is 0.381 e. The maximum absolute atomic E-state index is 10.7. The van der Waals surface area contributed by atoms with Crippen LogP contribution in [0.3, 0.4) is 0 Å². The van der Waals surface area contributed by atoms with Crippen molar-refractivity contribution in [3.05, 3.63) is 0 Å². The van der Waals surface area contributed by atoms with Gasteiger partial charge in [0.2, 0.25) is 5.91 Å². The fraction of sp³-hybridized carbons (Fsp3) is 0.714. The third kappa shape index (κ3) is 6.81. The van der Waals surface area contributed by atoms with Gasteiger partial charge in [-0.1, -0.05) is 0 Å². The summed E-state index contributed by atoms with van der Waals surface area (Å²) < 4.78 is 4.94. The van der Waals surface area contributed by atoms with E-state index in [0.29, 0.717) is 19.6 Å². The van der Waals surface area contributed by atoms with Crippen LogP contribution < -0.4 is 5.32 Å². The first-order valence-corrected chi connectivity index (χ1v) is 3.52. The quantitative estimate of drug-likeness (QED) is 0.452. The number of rotatable bonds is 5. The number of amides is 1. The number of ether oxygens (including phenoxy) is 1. The van der Waals surface area contributed by atoms with Crippen molar-refractivity contribution in [2.45, 2.75) is 13.3 Å². The summed E-state index contributed by atoms with van der Waals surface area (Å²) >= 11 is 0. The fourth-order valence-corrected chi connectivity index (χ4v) is 0.536. The number of hydrogen-bond acceptors (Lipinski definition) is 3. The highest BCUT2D eigenvalue weighted by molar-refractivity contribution is 5.76. The molecule has 4 heteroatoms. The minimum atomic E-state index is -0.139. The maximum Gasteiger partial charge on any atom is 0.223 e. The summed E-state index contributed by atoms with van der Waals surface area (Å²) in [5.74, 6) is -0.139. The summed E-state index contributed by atoms with van der Waals surface area (Å²) in [5.41, 5.74) is 0. The van der Waals surface area contributed by atoms with Crippen molar-refractivity contribution >= 4 is 5.91 Å². The molecular formula is C7H12N2O2. The maximum atomic E-state index is 10.7. The Morgan fingerprint density at radius 2 is 2.45 bits per heavy atom. The van der Waals surface area contributed by atoms with E-state index in [1.165, 1.54) is 0 Å². The molecule has 0 fully saturated rings. The first-order chi connectivity index (χ1) is 5.31. The molecule has 0 heterocycles. The summed E-state index contributed by atoms with van der Waals surface area (Å²) in [7, 11) is 0. The van der Waals surface area contributed by atoms with Crippen LogP contribution in [0, 0.1) is 11.3 Å². The molecule has 1 amide bonds. The minimum Gasteiger partial charge on any atom is -0.381 e. The summed E-state index contributed by atoms with van der Waals surface area (Å²) in [6.07, 6.45) is 0.329. The molecule has 0 aliphatic rings. The van der Waals surface area contributed by atoms with Gasteiger partial charge in [-0.25, -0.2) is 0 Å². The van der Waals surface area contributed by atoms with Crippen molar-refractivity contribution < 1.29 is 9.53 Å². The van der Waals surface area contributed by atoms with Crippen LogP contribution >= 0.6 is 0 Å². The van der Waals surface area contributed by atoms with Crippen LogP contribution in [0.4, 0.5) is 0 Å². The SMILES string of the molecule is CCOCCC(=O)NCC#N. The van der Waals surface area contributed by atoms with Gasteiger partial charge in [-0.05, 0) is 6.92 Å². The van der Waals surface area contributed by atoms with Crippen LogP contribution in [-0.2, 0) is 9.53 Å². The molecule has 0 rings (SSSR count). The molecule has 0 saturated carbocycles.